The van der Waals surface area contributed by atoms with Crippen molar-refractivity contribution in [3.63, 3.8) is 0 Å². The molecule has 0 aliphatic carbocycles. The van der Waals surface area contributed by atoms with Gasteiger partial charge in [0.1, 0.15) is 0 Å². The molecule has 0 atom stereocenters. The van der Waals surface area contributed by atoms with E-state index in [1.54, 1.807) is 0 Å². The molecule has 2 N–H and O–H groups in total. The molecule has 0 bridgehead atoms. The summed E-state index contributed by atoms with van der Waals surface area (Å²) in [6.45, 7) is 2.17. The Kier molecular flexibility index (Phi) is 3.00. The maximum Gasteiger partial charge on any atom is 0.165 e. The molecular formula is C14H16O2. The Morgan fingerprint density at radius 1 is 1.06 bits per heavy atom. The minimum absolute atomic E-state index is 0.0282. The van der Waals surface area contributed by atoms with Crippen LogP contribution >= 0.6 is 0 Å². The lowest BCUT2D eigenvalue weighted by Crippen LogP contribution is -1.85. The van der Waals surface area contributed by atoms with Crippen molar-refractivity contribution in [3.8, 4) is 11.5 Å². The van der Waals surface area contributed by atoms with Crippen molar-refractivity contribution >= 4 is 10.8 Å². The van der Waals surface area contributed by atoms with Crippen molar-refractivity contribution in [2.24, 2.45) is 0 Å². The molecule has 2 aromatic carbocycles. The van der Waals surface area contributed by atoms with E-state index in [0.29, 0.717) is 5.39 Å². The summed E-state index contributed by atoms with van der Waals surface area (Å²) in [7, 11) is 0. The van der Waals surface area contributed by atoms with E-state index in [1.165, 1.54) is 24.5 Å². The van der Waals surface area contributed by atoms with Gasteiger partial charge in [0.15, 0.2) is 11.5 Å². The molecule has 0 unspecified atom stereocenters. The third kappa shape index (κ3) is 1.96. The number of hydrogen-bond donors (Lipinski definition) is 2. The summed E-state index contributed by atoms with van der Waals surface area (Å²) in [6, 6.07) is 9.32. The quantitative estimate of drug-likeness (QED) is 0.770. The topological polar surface area (TPSA) is 40.5 Å². The van der Waals surface area contributed by atoms with Crippen molar-refractivity contribution in [3.05, 3.63) is 35.9 Å². The average molecular weight is 216 g/mol. The zero-order valence-corrected chi connectivity index (χ0v) is 9.40. The molecule has 16 heavy (non-hydrogen) atoms. The van der Waals surface area contributed by atoms with Crippen molar-refractivity contribution in [2.75, 3.05) is 0 Å². The second kappa shape index (κ2) is 4.44. The Morgan fingerprint density at radius 3 is 2.62 bits per heavy atom. The molecule has 84 valence electrons. The average Bonchev–Trinajstić information content (AvgIpc) is 2.31. The SMILES string of the molecule is CCCCc1ccc2c(O)c(O)ccc2c1. The van der Waals surface area contributed by atoms with E-state index >= 15 is 0 Å². The first-order valence-electron chi connectivity index (χ1n) is 5.66. The first-order chi connectivity index (χ1) is 7.72. The Balaban J connectivity index is 2.44. The Bertz CT molecular complexity index is 503. The summed E-state index contributed by atoms with van der Waals surface area (Å²) in [5, 5.41) is 20.7. The zero-order valence-electron chi connectivity index (χ0n) is 9.40. The van der Waals surface area contributed by atoms with Gasteiger partial charge >= 0.3 is 0 Å². The number of unbranched alkanes of at least 4 members (excludes halogenated alkanes) is 1. The molecule has 0 spiro atoms. The van der Waals surface area contributed by atoms with Crippen LogP contribution in [0.5, 0.6) is 11.5 Å². The number of hydrogen-bond acceptors (Lipinski definition) is 2. The largest absolute Gasteiger partial charge is 0.504 e. The summed E-state index contributed by atoms with van der Waals surface area (Å²) in [5.74, 6) is -0.0895. The van der Waals surface area contributed by atoms with E-state index in [-0.39, 0.29) is 11.5 Å². The minimum atomic E-state index is -0.0613. The number of phenolic OH excluding ortho intramolecular Hbond substituents is 2. The van der Waals surface area contributed by atoms with Crippen LogP contribution < -0.4 is 0 Å². The van der Waals surface area contributed by atoms with Crippen LogP contribution in [0.1, 0.15) is 25.3 Å². The van der Waals surface area contributed by atoms with E-state index in [1.807, 2.05) is 18.2 Å². The van der Waals surface area contributed by atoms with E-state index < -0.39 is 0 Å². The van der Waals surface area contributed by atoms with Gasteiger partial charge in [0.25, 0.3) is 0 Å². The van der Waals surface area contributed by atoms with Crippen LogP contribution in [-0.4, -0.2) is 10.2 Å². The van der Waals surface area contributed by atoms with Crippen LogP contribution in [0, 0.1) is 0 Å². The van der Waals surface area contributed by atoms with Crippen molar-refractivity contribution in [2.45, 2.75) is 26.2 Å². The highest BCUT2D eigenvalue weighted by atomic mass is 16.3. The van der Waals surface area contributed by atoms with Crippen molar-refractivity contribution < 1.29 is 10.2 Å². The molecule has 2 heteroatoms. The molecule has 0 saturated heterocycles. The molecule has 2 rings (SSSR count). The van der Waals surface area contributed by atoms with Crippen LogP contribution in [0.3, 0.4) is 0 Å². The monoisotopic (exact) mass is 216 g/mol. The van der Waals surface area contributed by atoms with E-state index in [0.717, 1.165) is 11.8 Å². The summed E-state index contributed by atoms with van der Waals surface area (Å²) < 4.78 is 0. The van der Waals surface area contributed by atoms with Crippen LogP contribution in [0.2, 0.25) is 0 Å². The molecule has 0 aliphatic rings. The number of fused-ring (bicyclic) bond motifs is 1. The van der Waals surface area contributed by atoms with Crippen LogP contribution in [0.15, 0.2) is 30.3 Å². The third-order valence-corrected chi connectivity index (χ3v) is 2.85. The van der Waals surface area contributed by atoms with Gasteiger partial charge in [-0.05, 0) is 29.9 Å². The molecule has 2 aromatic rings. The fourth-order valence-corrected chi connectivity index (χ4v) is 1.89. The highest BCUT2D eigenvalue weighted by Gasteiger charge is 2.05. The Labute approximate surface area is 95.2 Å². The fourth-order valence-electron chi connectivity index (χ4n) is 1.89. The molecule has 0 amide bonds. The summed E-state index contributed by atoms with van der Waals surface area (Å²) >= 11 is 0. The predicted molar refractivity (Wildman–Crippen MR) is 65.9 cm³/mol. The highest BCUT2D eigenvalue weighted by Crippen LogP contribution is 2.33. The lowest BCUT2D eigenvalue weighted by atomic mass is 10.0. The number of aromatic hydroxyl groups is 2. The lowest BCUT2D eigenvalue weighted by molar-refractivity contribution is 0.408. The molecule has 2 nitrogen and oxygen atoms in total. The van der Waals surface area contributed by atoms with Gasteiger partial charge in [-0.15, -0.1) is 0 Å². The second-order valence-electron chi connectivity index (χ2n) is 4.09. The number of aryl methyl sites for hydroxylation is 1. The molecule has 0 aromatic heterocycles. The van der Waals surface area contributed by atoms with Crippen molar-refractivity contribution in [1.82, 2.24) is 0 Å². The van der Waals surface area contributed by atoms with Crippen LogP contribution in [-0.2, 0) is 6.42 Å². The maximum absolute atomic E-state index is 9.68. The third-order valence-electron chi connectivity index (χ3n) is 2.85. The predicted octanol–water partition coefficient (Wildman–Crippen LogP) is 3.59. The molecule has 0 heterocycles. The van der Waals surface area contributed by atoms with Crippen molar-refractivity contribution in [1.29, 1.82) is 0 Å². The fraction of sp³-hybridized carbons (Fsp3) is 0.286. The lowest BCUT2D eigenvalue weighted by Gasteiger charge is -2.06. The van der Waals surface area contributed by atoms with Gasteiger partial charge in [0.05, 0.1) is 0 Å². The molecule has 0 saturated carbocycles. The minimum Gasteiger partial charge on any atom is -0.504 e. The smallest absolute Gasteiger partial charge is 0.165 e. The number of rotatable bonds is 3. The Hall–Kier alpha value is -1.70. The molecule has 0 fully saturated rings. The van der Waals surface area contributed by atoms with Gasteiger partial charge in [-0.25, -0.2) is 0 Å². The van der Waals surface area contributed by atoms with Crippen LogP contribution in [0.25, 0.3) is 10.8 Å². The molecule has 0 aliphatic heterocycles. The maximum atomic E-state index is 9.68. The number of phenols is 2. The van der Waals surface area contributed by atoms with Crippen LogP contribution in [0.4, 0.5) is 0 Å². The van der Waals surface area contributed by atoms with E-state index in [4.69, 9.17) is 0 Å². The van der Waals surface area contributed by atoms with Gasteiger partial charge in [-0.1, -0.05) is 37.6 Å². The summed E-state index contributed by atoms with van der Waals surface area (Å²) in [5.41, 5.74) is 1.28. The molecule has 0 radical (unpaired) electrons. The van der Waals surface area contributed by atoms with Gasteiger partial charge in [-0.2, -0.15) is 0 Å². The molecular weight excluding hydrogens is 200 g/mol. The Morgan fingerprint density at radius 2 is 1.88 bits per heavy atom. The van der Waals surface area contributed by atoms with Gasteiger partial charge < -0.3 is 10.2 Å². The standard InChI is InChI=1S/C14H16O2/c1-2-3-4-10-5-7-12-11(9-10)6-8-13(15)14(12)16/h5-9,15-16H,2-4H2,1H3. The summed E-state index contributed by atoms with van der Waals surface area (Å²) in [6.07, 6.45) is 3.42. The van der Waals surface area contributed by atoms with Gasteiger partial charge in [-0.3, -0.25) is 0 Å². The zero-order chi connectivity index (χ0) is 11.5. The number of benzene rings is 2. The van der Waals surface area contributed by atoms with Gasteiger partial charge in [0.2, 0.25) is 0 Å². The summed E-state index contributed by atoms with van der Waals surface area (Å²) in [4.78, 5) is 0. The normalized spacial score (nSPS) is 10.8. The van der Waals surface area contributed by atoms with Gasteiger partial charge in [0, 0.05) is 5.39 Å². The first-order valence-corrected chi connectivity index (χ1v) is 5.66. The second-order valence-corrected chi connectivity index (χ2v) is 4.09. The highest BCUT2D eigenvalue weighted by molar-refractivity contribution is 5.90. The first kappa shape index (κ1) is 10.8. The van der Waals surface area contributed by atoms with E-state index in [2.05, 4.69) is 13.0 Å². The van der Waals surface area contributed by atoms with E-state index in [9.17, 15) is 10.2 Å².